The normalized spacial score (nSPS) is 10.9. The number of halogens is 4. The number of amides is 1. The van der Waals surface area contributed by atoms with Crippen LogP contribution in [-0.2, 0) is 15.8 Å². The Morgan fingerprint density at radius 2 is 1.97 bits per heavy atom. The summed E-state index contributed by atoms with van der Waals surface area (Å²) in [6.45, 7) is -0.199. The molecule has 3 aromatic carbocycles. The van der Waals surface area contributed by atoms with Gasteiger partial charge in [-0.15, -0.1) is 0 Å². The van der Waals surface area contributed by atoms with Crippen molar-refractivity contribution in [2.45, 2.75) is 11.4 Å². The molecule has 0 saturated heterocycles. The molecule has 2 N–H and O–H groups in total. The molecule has 0 fully saturated rings. The molecular formula is C24H15Cl2F2N3O4S. The largest absolute Gasteiger partial charge is 0.453 e. The number of carbonyl (C=O) groups is 1. The number of nitriles is 1. The number of aromatic nitrogens is 1. The molecule has 4 rings (SSSR count). The van der Waals surface area contributed by atoms with Gasteiger partial charge < -0.3 is 15.0 Å². The van der Waals surface area contributed by atoms with E-state index in [4.69, 9.17) is 37.5 Å². The zero-order valence-corrected chi connectivity index (χ0v) is 20.7. The van der Waals surface area contributed by atoms with Crippen LogP contribution in [0, 0.1) is 23.0 Å². The van der Waals surface area contributed by atoms with Gasteiger partial charge in [0, 0.05) is 22.5 Å². The maximum absolute atomic E-state index is 15.2. The quantitative estimate of drug-likeness (QED) is 0.140. The Morgan fingerprint density at radius 1 is 1.17 bits per heavy atom. The third-order valence-electron chi connectivity index (χ3n) is 4.88. The van der Waals surface area contributed by atoms with Crippen LogP contribution in [0.1, 0.15) is 21.6 Å². The molecule has 1 heterocycles. The number of benzene rings is 3. The number of hydrogen-bond donors (Lipinski definition) is 2. The zero-order chi connectivity index (χ0) is 25.8. The molecule has 1 amide bonds. The molecule has 0 aliphatic heterocycles. The lowest BCUT2D eigenvalue weighted by atomic mass is 10.2. The zero-order valence-electron chi connectivity index (χ0n) is 18.3. The van der Waals surface area contributed by atoms with E-state index in [0.717, 1.165) is 12.0 Å². The molecule has 0 unspecified atom stereocenters. The molecule has 12 heteroatoms. The predicted molar refractivity (Wildman–Crippen MR) is 131 cm³/mol. The molecule has 36 heavy (non-hydrogen) atoms. The number of nitrogens with one attached hydrogen (secondary N) is 2. The summed E-state index contributed by atoms with van der Waals surface area (Å²) < 4.78 is 39.5. The van der Waals surface area contributed by atoms with Crippen molar-refractivity contribution in [3.63, 3.8) is 0 Å². The van der Waals surface area contributed by atoms with Gasteiger partial charge in [0.2, 0.25) is 0 Å². The Hall–Kier alpha value is -3.33. The monoisotopic (exact) mass is 549 g/mol. The summed E-state index contributed by atoms with van der Waals surface area (Å²) in [5.74, 6) is -2.03. The van der Waals surface area contributed by atoms with Gasteiger partial charge in [-0.25, -0.2) is 13.7 Å². The lowest BCUT2D eigenvalue weighted by Gasteiger charge is -2.13. The van der Waals surface area contributed by atoms with E-state index in [1.807, 2.05) is 6.07 Å². The van der Waals surface area contributed by atoms with Crippen LogP contribution in [-0.4, -0.2) is 18.0 Å². The Labute approximate surface area is 218 Å². The Morgan fingerprint density at radius 3 is 2.72 bits per heavy atom. The van der Waals surface area contributed by atoms with Crippen LogP contribution in [0.5, 0.6) is 11.5 Å². The maximum Gasteiger partial charge on any atom is 0.267 e. The molecule has 4 aromatic rings. The SMILES string of the molecule is COOSc1cc(F)cc2cc(C(=O)NCc3ccc(Cl)c(Oc4cc(Cl)cc(C#N)c4)c3F)[nH]c12. The molecular weight excluding hydrogens is 535 g/mol. The third-order valence-corrected chi connectivity index (χ3v) is 6.10. The van der Waals surface area contributed by atoms with Gasteiger partial charge >= 0.3 is 0 Å². The average Bonchev–Trinajstić information content (AvgIpc) is 3.28. The van der Waals surface area contributed by atoms with Crippen molar-refractivity contribution in [1.82, 2.24) is 10.3 Å². The summed E-state index contributed by atoms with van der Waals surface area (Å²) in [5, 5.41) is 12.4. The molecule has 0 radical (unpaired) electrons. The van der Waals surface area contributed by atoms with Crippen molar-refractivity contribution in [2.24, 2.45) is 0 Å². The first kappa shape index (κ1) is 25.8. The van der Waals surface area contributed by atoms with Crippen LogP contribution in [0.25, 0.3) is 10.9 Å². The van der Waals surface area contributed by atoms with Crippen LogP contribution >= 0.6 is 35.2 Å². The minimum atomic E-state index is -0.796. The summed E-state index contributed by atoms with van der Waals surface area (Å²) in [7, 11) is 1.31. The highest BCUT2D eigenvalue weighted by Crippen LogP contribution is 2.35. The van der Waals surface area contributed by atoms with Gasteiger partial charge in [-0.1, -0.05) is 29.3 Å². The molecule has 0 bridgehead atoms. The van der Waals surface area contributed by atoms with Crippen LogP contribution in [0.4, 0.5) is 8.78 Å². The second-order valence-corrected chi connectivity index (χ2v) is 8.88. The van der Waals surface area contributed by atoms with Gasteiger partial charge in [0.1, 0.15) is 17.3 Å². The number of nitrogens with zero attached hydrogens (tertiary/aromatic N) is 1. The van der Waals surface area contributed by atoms with Crippen molar-refractivity contribution >= 4 is 52.1 Å². The van der Waals surface area contributed by atoms with Gasteiger partial charge in [-0.2, -0.15) is 9.60 Å². The number of H-pyrrole nitrogens is 1. The minimum absolute atomic E-state index is 0.0120. The van der Waals surface area contributed by atoms with Crippen molar-refractivity contribution in [3.8, 4) is 17.6 Å². The number of rotatable bonds is 8. The van der Waals surface area contributed by atoms with Crippen LogP contribution in [0.2, 0.25) is 10.0 Å². The molecule has 0 spiro atoms. The molecule has 1 aromatic heterocycles. The molecule has 7 nitrogen and oxygen atoms in total. The first-order valence-corrected chi connectivity index (χ1v) is 11.6. The second-order valence-electron chi connectivity index (χ2n) is 7.29. The standard InChI is InChI=1S/C24H15Cl2F2N3O4S/c1-33-35-36-20-9-16(27)6-14-7-19(31-22(14)20)24(32)30-11-13-2-3-18(26)23(21(13)28)34-17-5-12(10-29)4-15(25)8-17/h2-9,31H,11H2,1H3,(H,30,32). The lowest BCUT2D eigenvalue weighted by Crippen LogP contribution is -2.23. The maximum atomic E-state index is 15.2. The van der Waals surface area contributed by atoms with E-state index >= 15 is 4.39 Å². The number of ether oxygens (including phenoxy) is 1. The molecule has 0 aliphatic rings. The van der Waals surface area contributed by atoms with Crippen molar-refractivity contribution < 1.29 is 27.5 Å². The molecule has 0 saturated carbocycles. The van der Waals surface area contributed by atoms with E-state index in [0.29, 0.717) is 15.8 Å². The number of aromatic amines is 1. The van der Waals surface area contributed by atoms with E-state index in [9.17, 15) is 9.18 Å². The Kier molecular flexibility index (Phi) is 7.98. The highest BCUT2D eigenvalue weighted by Gasteiger charge is 2.18. The van der Waals surface area contributed by atoms with Crippen LogP contribution in [0.15, 0.2) is 53.4 Å². The summed E-state index contributed by atoms with van der Waals surface area (Å²) in [6.07, 6.45) is 0. The van der Waals surface area contributed by atoms with Crippen LogP contribution in [0.3, 0.4) is 0 Å². The van der Waals surface area contributed by atoms with Gasteiger partial charge in [0.25, 0.3) is 5.91 Å². The number of fused-ring (bicyclic) bond motifs is 1. The van der Waals surface area contributed by atoms with E-state index < -0.39 is 17.5 Å². The Balaban J connectivity index is 1.53. The van der Waals surface area contributed by atoms with E-state index in [2.05, 4.69) is 15.2 Å². The van der Waals surface area contributed by atoms with Gasteiger partial charge in [-0.05, 0) is 42.5 Å². The molecule has 0 aliphatic carbocycles. The summed E-state index contributed by atoms with van der Waals surface area (Å²) >= 11 is 12.9. The second kappa shape index (κ2) is 11.2. The van der Waals surface area contributed by atoms with Gasteiger partial charge in [0.15, 0.2) is 11.6 Å². The van der Waals surface area contributed by atoms with Gasteiger partial charge in [-0.3, -0.25) is 4.79 Å². The number of carbonyl (C=O) groups excluding carboxylic acids is 1. The minimum Gasteiger partial charge on any atom is -0.453 e. The molecule has 0 atom stereocenters. The first-order chi connectivity index (χ1) is 17.3. The average molecular weight is 550 g/mol. The topological polar surface area (TPSA) is 96.4 Å². The highest BCUT2D eigenvalue weighted by atomic mass is 35.5. The smallest absolute Gasteiger partial charge is 0.267 e. The van der Waals surface area contributed by atoms with E-state index in [1.54, 1.807) is 0 Å². The fraction of sp³-hybridized carbons (Fsp3) is 0.0833. The number of hydrogen-bond acceptors (Lipinski definition) is 6. The van der Waals surface area contributed by atoms with E-state index in [-0.39, 0.29) is 44.9 Å². The Bertz CT molecular complexity index is 1510. The first-order valence-electron chi connectivity index (χ1n) is 10.1. The summed E-state index contributed by atoms with van der Waals surface area (Å²) in [6, 6.07) is 12.9. The highest BCUT2D eigenvalue weighted by molar-refractivity contribution is 7.94. The van der Waals surface area contributed by atoms with Gasteiger partial charge in [0.05, 0.1) is 46.2 Å². The fourth-order valence-corrected chi connectivity index (χ4v) is 4.28. The third kappa shape index (κ3) is 5.73. The predicted octanol–water partition coefficient (Wildman–Crippen LogP) is 6.93. The van der Waals surface area contributed by atoms with Crippen molar-refractivity contribution in [3.05, 3.63) is 87.0 Å². The fourth-order valence-electron chi connectivity index (χ4n) is 3.31. The lowest BCUT2D eigenvalue weighted by molar-refractivity contribution is -0.160. The summed E-state index contributed by atoms with van der Waals surface area (Å²) in [5.41, 5.74) is 0.919. The van der Waals surface area contributed by atoms with Crippen molar-refractivity contribution in [1.29, 1.82) is 5.26 Å². The molecule has 184 valence electrons. The van der Waals surface area contributed by atoms with Crippen molar-refractivity contribution in [2.75, 3.05) is 7.11 Å². The van der Waals surface area contributed by atoms with Crippen LogP contribution < -0.4 is 10.1 Å². The van der Waals surface area contributed by atoms with E-state index in [1.165, 1.54) is 55.6 Å². The summed E-state index contributed by atoms with van der Waals surface area (Å²) in [4.78, 5) is 20.5.